The molecule has 126 valence electrons. The summed E-state index contributed by atoms with van der Waals surface area (Å²) in [6.45, 7) is 5.59. The summed E-state index contributed by atoms with van der Waals surface area (Å²) in [6.07, 6.45) is 1.52. The highest BCUT2D eigenvalue weighted by Gasteiger charge is 2.22. The molecule has 0 radical (unpaired) electrons. The van der Waals surface area contributed by atoms with Crippen molar-refractivity contribution < 1.29 is 4.79 Å². The van der Waals surface area contributed by atoms with Crippen LogP contribution in [0.2, 0.25) is 0 Å². The lowest BCUT2D eigenvalue weighted by molar-refractivity contribution is -0.130. The van der Waals surface area contributed by atoms with Gasteiger partial charge in [0.2, 0.25) is 5.91 Å². The van der Waals surface area contributed by atoms with Gasteiger partial charge in [0, 0.05) is 36.3 Å². The molecule has 1 fully saturated rings. The van der Waals surface area contributed by atoms with Crippen molar-refractivity contribution in [2.75, 3.05) is 31.1 Å². The lowest BCUT2D eigenvalue weighted by atomic mass is 10.1. The molecule has 0 unspecified atom stereocenters. The van der Waals surface area contributed by atoms with E-state index in [9.17, 15) is 4.79 Å². The van der Waals surface area contributed by atoms with Crippen molar-refractivity contribution in [3.8, 4) is 0 Å². The van der Waals surface area contributed by atoms with E-state index in [1.54, 1.807) is 0 Å². The van der Waals surface area contributed by atoms with Gasteiger partial charge in [0.25, 0.3) is 0 Å². The third kappa shape index (κ3) is 3.99. The third-order valence-electron chi connectivity index (χ3n) is 4.59. The van der Waals surface area contributed by atoms with Crippen molar-refractivity contribution in [1.82, 2.24) is 4.90 Å². The van der Waals surface area contributed by atoms with Gasteiger partial charge < -0.3 is 9.80 Å². The zero-order valence-electron chi connectivity index (χ0n) is 14.0. The number of carbonyl (C=O) groups excluding carboxylic acids is 1. The van der Waals surface area contributed by atoms with Crippen LogP contribution in [0.15, 0.2) is 53.0 Å². The molecule has 2 aromatic carbocycles. The Morgan fingerprint density at radius 1 is 1.04 bits per heavy atom. The first-order chi connectivity index (χ1) is 11.7. The first kappa shape index (κ1) is 17.0. The number of nitrogens with zero attached hydrogens (tertiary/aromatic N) is 2. The summed E-state index contributed by atoms with van der Waals surface area (Å²) in [4.78, 5) is 16.9. The highest BCUT2D eigenvalue weighted by Crippen LogP contribution is 2.22. The van der Waals surface area contributed by atoms with Crippen molar-refractivity contribution >= 4 is 27.5 Å². The number of halogens is 1. The van der Waals surface area contributed by atoms with Crippen LogP contribution in [0.3, 0.4) is 0 Å². The first-order valence-electron chi connectivity index (χ1n) is 8.52. The van der Waals surface area contributed by atoms with E-state index in [0.717, 1.165) is 42.6 Å². The molecule has 1 heterocycles. The van der Waals surface area contributed by atoms with Crippen LogP contribution in [-0.4, -0.2) is 37.0 Å². The molecule has 1 amide bonds. The number of hydrogen-bond donors (Lipinski definition) is 0. The van der Waals surface area contributed by atoms with Crippen molar-refractivity contribution in [2.24, 2.45) is 0 Å². The Balaban J connectivity index is 1.59. The lowest BCUT2D eigenvalue weighted by Gasteiger charge is -2.37. The third-order valence-corrected chi connectivity index (χ3v) is 5.08. The minimum atomic E-state index is 0.219. The molecular formula is C20H23BrN2O. The molecule has 0 N–H and O–H groups in total. The van der Waals surface area contributed by atoms with Gasteiger partial charge in [-0.1, -0.05) is 53.2 Å². The van der Waals surface area contributed by atoms with Gasteiger partial charge in [-0.15, -0.1) is 0 Å². The maximum absolute atomic E-state index is 12.5. The van der Waals surface area contributed by atoms with Crippen LogP contribution in [0, 0.1) is 0 Å². The molecule has 0 spiro atoms. The molecule has 0 aromatic heterocycles. The van der Waals surface area contributed by atoms with Crippen molar-refractivity contribution in [1.29, 1.82) is 0 Å². The van der Waals surface area contributed by atoms with Gasteiger partial charge in [0.1, 0.15) is 0 Å². The number of benzene rings is 2. The van der Waals surface area contributed by atoms with Crippen molar-refractivity contribution in [3.63, 3.8) is 0 Å². The summed E-state index contributed by atoms with van der Waals surface area (Å²) in [5.41, 5.74) is 3.76. The monoisotopic (exact) mass is 386 g/mol. The quantitative estimate of drug-likeness (QED) is 0.795. The minimum Gasteiger partial charge on any atom is -0.368 e. The Hall–Kier alpha value is -1.81. The molecule has 24 heavy (non-hydrogen) atoms. The summed E-state index contributed by atoms with van der Waals surface area (Å²) in [7, 11) is 0. The molecule has 0 aliphatic carbocycles. The fourth-order valence-corrected chi connectivity index (χ4v) is 3.70. The normalized spacial score (nSPS) is 14.8. The van der Waals surface area contributed by atoms with Crippen LogP contribution < -0.4 is 4.90 Å². The number of piperazine rings is 1. The van der Waals surface area contributed by atoms with Gasteiger partial charge in [-0.05, 0) is 35.7 Å². The maximum Gasteiger partial charge on any atom is 0.227 e. The van der Waals surface area contributed by atoms with Gasteiger partial charge in [0.05, 0.1) is 6.42 Å². The Bertz CT molecular complexity index is 708. The molecule has 0 bridgehead atoms. The molecule has 0 saturated carbocycles. The topological polar surface area (TPSA) is 23.6 Å². The van der Waals surface area contributed by atoms with E-state index in [0.29, 0.717) is 6.42 Å². The van der Waals surface area contributed by atoms with Gasteiger partial charge in [-0.25, -0.2) is 0 Å². The Morgan fingerprint density at radius 2 is 1.79 bits per heavy atom. The Kier molecular flexibility index (Phi) is 5.56. The van der Waals surface area contributed by atoms with E-state index in [2.05, 4.69) is 52.0 Å². The Labute approximate surface area is 152 Å². The number of rotatable bonds is 4. The molecule has 3 rings (SSSR count). The first-order valence-corrected chi connectivity index (χ1v) is 9.31. The number of hydrogen-bond acceptors (Lipinski definition) is 2. The van der Waals surface area contributed by atoms with Crippen LogP contribution in [0.1, 0.15) is 18.1 Å². The number of amides is 1. The average molecular weight is 387 g/mol. The SMILES string of the molecule is CCc1ccccc1N1CCN(C(=O)Cc2cccc(Br)c2)CC1. The van der Waals surface area contributed by atoms with E-state index in [4.69, 9.17) is 0 Å². The van der Waals surface area contributed by atoms with E-state index in [1.165, 1.54) is 11.3 Å². The van der Waals surface area contributed by atoms with Crippen LogP contribution >= 0.6 is 15.9 Å². The van der Waals surface area contributed by atoms with Crippen LogP contribution in [0.5, 0.6) is 0 Å². The molecule has 0 atom stereocenters. The summed E-state index contributed by atoms with van der Waals surface area (Å²) in [5.74, 6) is 0.219. The standard InChI is InChI=1S/C20H23BrN2O/c1-2-17-7-3-4-9-19(17)22-10-12-23(13-11-22)20(24)15-16-6-5-8-18(21)14-16/h3-9,14H,2,10-13,15H2,1H3. The number of para-hydroxylation sites is 1. The summed E-state index contributed by atoms with van der Waals surface area (Å²) >= 11 is 3.46. The summed E-state index contributed by atoms with van der Waals surface area (Å²) in [6, 6.07) is 16.6. The summed E-state index contributed by atoms with van der Waals surface area (Å²) in [5, 5.41) is 0. The second-order valence-electron chi connectivity index (χ2n) is 6.16. The largest absolute Gasteiger partial charge is 0.368 e. The molecule has 4 heteroatoms. The molecule has 1 aliphatic rings. The zero-order valence-corrected chi connectivity index (χ0v) is 15.6. The van der Waals surface area contributed by atoms with Crippen LogP contribution in [0.25, 0.3) is 0 Å². The van der Waals surface area contributed by atoms with Crippen molar-refractivity contribution in [2.45, 2.75) is 19.8 Å². The zero-order chi connectivity index (χ0) is 16.9. The number of anilines is 1. The van der Waals surface area contributed by atoms with E-state index in [1.807, 2.05) is 29.2 Å². The van der Waals surface area contributed by atoms with Crippen LogP contribution in [-0.2, 0) is 17.6 Å². The molecule has 1 saturated heterocycles. The van der Waals surface area contributed by atoms with Crippen molar-refractivity contribution in [3.05, 3.63) is 64.1 Å². The molecule has 1 aliphatic heterocycles. The number of aryl methyl sites for hydroxylation is 1. The summed E-state index contributed by atoms with van der Waals surface area (Å²) < 4.78 is 1.02. The maximum atomic E-state index is 12.5. The van der Waals surface area contributed by atoms with Crippen LogP contribution in [0.4, 0.5) is 5.69 Å². The predicted octanol–water partition coefficient (Wildman–Crippen LogP) is 3.90. The number of carbonyl (C=O) groups is 1. The van der Waals surface area contributed by atoms with E-state index >= 15 is 0 Å². The average Bonchev–Trinajstić information content (AvgIpc) is 2.62. The molecule has 3 nitrogen and oxygen atoms in total. The minimum absolute atomic E-state index is 0.219. The van der Waals surface area contributed by atoms with Gasteiger partial charge in [0.15, 0.2) is 0 Å². The Morgan fingerprint density at radius 3 is 2.50 bits per heavy atom. The van der Waals surface area contributed by atoms with E-state index < -0.39 is 0 Å². The lowest BCUT2D eigenvalue weighted by Crippen LogP contribution is -2.49. The van der Waals surface area contributed by atoms with Gasteiger partial charge >= 0.3 is 0 Å². The smallest absolute Gasteiger partial charge is 0.227 e. The predicted molar refractivity (Wildman–Crippen MR) is 102 cm³/mol. The van der Waals surface area contributed by atoms with E-state index in [-0.39, 0.29) is 5.91 Å². The highest BCUT2D eigenvalue weighted by molar-refractivity contribution is 9.10. The second kappa shape index (κ2) is 7.84. The van der Waals surface area contributed by atoms with Gasteiger partial charge in [-0.3, -0.25) is 4.79 Å². The molecular weight excluding hydrogens is 364 g/mol. The fourth-order valence-electron chi connectivity index (χ4n) is 3.25. The fraction of sp³-hybridized carbons (Fsp3) is 0.350. The van der Waals surface area contributed by atoms with Gasteiger partial charge in [-0.2, -0.15) is 0 Å². The molecule has 2 aromatic rings. The second-order valence-corrected chi connectivity index (χ2v) is 7.07. The highest BCUT2D eigenvalue weighted by atomic mass is 79.9.